The maximum Gasteiger partial charge on any atom is 0.281 e. The van der Waals surface area contributed by atoms with Crippen LogP contribution in [0.25, 0.3) is 0 Å². The van der Waals surface area contributed by atoms with Gasteiger partial charge in [-0.1, -0.05) is 0 Å². The molecule has 1 heterocycles. The highest BCUT2D eigenvalue weighted by Gasteiger charge is 2.32. The highest BCUT2D eigenvalue weighted by atomic mass is 32.2. The van der Waals surface area contributed by atoms with E-state index in [1.165, 1.54) is 22.7 Å². The molecule has 1 amide bonds. The van der Waals surface area contributed by atoms with E-state index in [2.05, 4.69) is 5.32 Å². The number of piperidine rings is 1. The Morgan fingerprint density at radius 2 is 1.85 bits per heavy atom. The van der Waals surface area contributed by atoms with Crippen molar-refractivity contribution in [1.29, 1.82) is 0 Å². The van der Waals surface area contributed by atoms with Gasteiger partial charge in [-0.25, -0.2) is 0 Å². The van der Waals surface area contributed by atoms with Gasteiger partial charge in [0.25, 0.3) is 10.2 Å². The maximum absolute atomic E-state index is 12.7. The summed E-state index contributed by atoms with van der Waals surface area (Å²) >= 11 is 0. The third-order valence-electron chi connectivity index (χ3n) is 4.87. The van der Waals surface area contributed by atoms with Gasteiger partial charge in [-0.15, -0.1) is 0 Å². The van der Waals surface area contributed by atoms with E-state index in [1.807, 2.05) is 13.0 Å². The second kappa shape index (κ2) is 8.90. The molecule has 0 aliphatic carbocycles. The zero-order chi connectivity index (χ0) is 20.2. The van der Waals surface area contributed by atoms with Gasteiger partial charge in [-0.3, -0.25) is 4.79 Å². The molecule has 0 radical (unpaired) electrons. The van der Waals surface area contributed by atoms with Crippen LogP contribution in [0.1, 0.15) is 31.4 Å². The second-order valence-electron chi connectivity index (χ2n) is 6.80. The van der Waals surface area contributed by atoms with E-state index in [0.29, 0.717) is 37.4 Å². The molecule has 0 aromatic heterocycles. The molecule has 0 bridgehead atoms. The lowest BCUT2D eigenvalue weighted by molar-refractivity contribution is -0.126. The van der Waals surface area contributed by atoms with Crippen molar-refractivity contribution in [2.45, 2.75) is 25.8 Å². The number of amides is 1. The molecule has 1 aliphatic rings. The molecule has 0 spiro atoms. The predicted molar refractivity (Wildman–Crippen MR) is 103 cm³/mol. The van der Waals surface area contributed by atoms with Crippen molar-refractivity contribution in [3.63, 3.8) is 0 Å². The van der Waals surface area contributed by atoms with E-state index in [0.717, 1.165) is 5.56 Å². The zero-order valence-corrected chi connectivity index (χ0v) is 17.4. The van der Waals surface area contributed by atoms with Crippen LogP contribution < -0.4 is 14.8 Å². The number of nitrogens with zero attached hydrogens (tertiary/aromatic N) is 2. The van der Waals surface area contributed by atoms with Crippen molar-refractivity contribution in [2.75, 3.05) is 41.4 Å². The summed E-state index contributed by atoms with van der Waals surface area (Å²) in [6.07, 6.45) is 1.00. The van der Waals surface area contributed by atoms with Crippen LogP contribution in [0.3, 0.4) is 0 Å². The van der Waals surface area contributed by atoms with E-state index in [4.69, 9.17) is 9.47 Å². The Balaban J connectivity index is 2.00. The Morgan fingerprint density at radius 1 is 1.22 bits per heavy atom. The number of nitrogens with one attached hydrogen (secondary N) is 1. The van der Waals surface area contributed by atoms with Gasteiger partial charge < -0.3 is 14.8 Å². The smallest absolute Gasteiger partial charge is 0.281 e. The van der Waals surface area contributed by atoms with Gasteiger partial charge >= 0.3 is 0 Å². The van der Waals surface area contributed by atoms with Crippen LogP contribution in [0.4, 0.5) is 0 Å². The van der Waals surface area contributed by atoms with Crippen LogP contribution in [0.15, 0.2) is 18.2 Å². The Labute approximate surface area is 161 Å². The fraction of sp³-hybridized carbons (Fsp3) is 0.611. The van der Waals surface area contributed by atoms with Crippen molar-refractivity contribution < 1.29 is 22.7 Å². The molecule has 1 aromatic rings. The number of ether oxygens (including phenoxy) is 2. The van der Waals surface area contributed by atoms with Crippen LogP contribution in [0.2, 0.25) is 0 Å². The van der Waals surface area contributed by atoms with Gasteiger partial charge in [-0.2, -0.15) is 17.0 Å². The first-order valence-corrected chi connectivity index (χ1v) is 10.3. The van der Waals surface area contributed by atoms with Gasteiger partial charge in [0, 0.05) is 38.7 Å². The number of benzene rings is 1. The Bertz CT molecular complexity index is 758. The minimum Gasteiger partial charge on any atom is -0.497 e. The Morgan fingerprint density at radius 3 is 2.37 bits per heavy atom. The van der Waals surface area contributed by atoms with E-state index < -0.39 is 10.2 Å². The number of rotatable bonds is 7. The van der Waals surface area contributed by atoms with Crippen LogP contribution in [0, 0.1) is 5.92 Å². The van der Waals surface area contributed by atoms with Crippen molar-refractivity contribution in [3.8, 4) is 11.5 Å². The largest absolute Gasteiger partial charge is 0.497 e. The molecule has 2 rings (SSSR count). The number of methoxy groups -OCH3 is 2. The van der Waals surface area contributed by atoms with E-state index in [1.54, 1.807) is 26.4 Å². The molecule has 152 valence electrons. The van der Waals surface area contributed by atoms with Gasteiger partial charge in [0.15, 0.2) is 0 Å². The molecule has 1 aliphatic heterocycles. The average Bonchev–Trinajstić information content (AvgIpc) is 2.67. The summed E-state index contributed by atoms with van der Waals surface area (Å²) in [4.78, 5) is 12.7. The monoisotopic (exact) mass is 399 g/mol. The summed E-state index contributed by atoms with van der Waals surface area (Å²) in [7, 11) is 2.77. The van der Waals surface area contributed by atoms with E-state index in [9.17, 15) is 13.2 Å². The van der Waals surface area contributed by atoms with Crippen LogP contribution in [0.5, 0.6) is 11.5 Å². The summed E-state index contributed by atoms with van der Waals surface area (Å²) < 4.78 is 37.6. The van der Waals surface area contributed by atoms with E-state index in [-0.39, 0.29) is 17.9 Å². The van der Waals surface area contributed by atoms with Crippen LogP contribution in [-0.4, -0.2) is 64.3 Å². The molecule has 1 N–H and O–H groups in total. The van der Waals surface area contributed by atoms with Crippen LogP contribution in [-0.2, 0) is 15.0 Å². The normalized spacial score (nSPS) is 17.6. The fourth-order valence-electron chi connectivity index (χ4n) is 3.17. The third kappa shape index (κ3) is 4.91. The SMILES string of the molecule is COc1ccc(OC)c([C@H](C)NC(=O)C2CCN(S(=O)(=O)N(C)C)CC2)c1. The molecule has 9 heteroatoms. The fourth-order valence-corrected chi connectivity index (χ4v) is 4.30. The summed E-state index contributed by atoms with van der Waals surface area (Å²) in [6, 6.07) is 5.20. The van der Waals surface area contributed by atoms with Crippen molar-refractivity contribution in [3.05, 3.63) is 23.8 Å². The molecule has 8 nitrogen and oxygen atoms in total. The first kappa shape index (κ1) is 21.5. The van der Waals surface area contributed by atoms with Crippen LogP contribution >= 0.6 is 0 Å². The molecule has 1 aromatic carbocycles. The van der Waals surface area contributed by atoms with E-state index >= 15 is 0 Å². The van der Waals surface area contributed by atoms with Crippen molar-refractivity contribution in [1.82, 2.24) is 13.9 Å². The summed E-state index contributed by atoms with van der Waals surface area (Å²) in [5, 5.41) is 3.02. The highest BCUT2D eigenvalue weighted by Crippen LogP contribution is 2.30. The summed E-state index contributed by atoms with van der Waals surface area (Å²) in [6.45, 7) is 2.58. The van der Waals surface area contributed by atoms with Gasteiger partial charge in [0.2, 0.25) is 5.91 Å². The summed E-state index contributed by atoms with van der Waals surface area (Å²) in [5.74, 6) is 1.08. The van der Waals surface area contributed by atoms with Crippen molar-refractivity contribution in [2.24, 2.45) is 5.92 Å². The standard InChI is InChI=1S/C18H29N3O5S/c1-13(16-12-15(25-4)6-7-17(16)26-5)19-18(22)14-8-10-21(11-9-14)27(23,24)20(2)3/h6-7,12-14H,8-11H2,1-5H3,(H,19,22)/t13-/m0/s1. The third-order valence-corrected chi connectivity index (χ3v) is 6.82. The second-order valence-corrected chi connectivity index (χ2v) is 8.94. The topological polar surface area (TPSA) is 88.2 Å². The first-order valence-electron chi connectivity index (χ1n) is 8.90. The quantitative estimate of drug-likeness (QED) is 0.749. The molecule has 1 saturated heterocycles. The molecule has 1 fully saturated rings. The number of hydrogen-bond acceptors (Lipinski definition) is 5. The van der Waals surface area contributed by atoms with Gasteiger partial charge in [0.1, 0.15) is 11.5 Å². The molecule has 1 atom stereocenters. The minimum absolute atomic E-state index is 0.0747. The highest BCUT2D eigenvalue weighted by molar-refractivity contribution is 7.86. The lowest BCUT2D eigenvalue weighted by Crippen LogP contribution is -2.47. The number of hydrogen-bond donors (Lipinski definition) is 1. The number of carbonyl (C=O) groups is 1. The maximum atomic E-state index is 12.7. The number of carbonyl (C=O) groups excluding carboxylic acids is 1. The summed E-state index contributed by atoms with van der Waals surface area (Å²) in [5.41, 5.74) is 0.831. The molecule has 0 unspecified atom stereocenters. The first-order chi connectivity index (χ1) is 12.7. The molecular formula is C18H29N3O5S. The lowest BCUT2D eigenvalue weighted by atomic mass is 9.96. The molecule has 27 heavy (non-hydrogen) atoms. The van der Waals surface area contributed by atoms with Crippen molar-refractivity contribution >= 4 is 16.1 Å². The average molecular weight is 400 g/mol. The lowest BCUT2D eigenvalue weighted by Gasteiger charge is -2.32. The Hall–Kier alpha value is -1.84. The van der Waals surface area contributed by atoms with Gasteiger partial charge in [-0.05, 0) is 38.0 Å². The van der Waals surface area contributed by atoms with Gasteiger partial charge in [0.05, 0.1) is 20.3 Å². The molecule has 0 saturated carbocycles. The minimum atomic E-state index is -3.43. The predicted octanol–water partition coefficient (Wildman–Crippen LogP) is 1.40. The Kier molecular flexibility index (Phi) is 7.07. The zero-order valence-electron chi connectivity index (χ0n) is 16.6. The molecular weight excluding hydrogens is 370 g/mol.